The Kier molecular flexibility index (Phi) is 2.48. The van der Waals surface area contributed by atoms with Crippen LogP contribution in [0.2, 0.25) is 0 Å². The summed E-state index contributed by atoms with van der Waals surface area (Å²) >= 11 is 0. The van der Waals surface area contributed by atoms with Gasteiger partial charge in [0.05, 0.1) is 0 Å². The van der Waals surface area contributed by atoms with E-state index >= 15 is 0 Å². The van der Waals surface area contributed by atoms with Crippen LogP contribution in [0.15, 0.2) is 10.4 Å². The summed E-state index contributed by atoms with van der Waals surface area (Å²) in [7, 11) is 0. The largest absolute Gasteiger partial charge is 0.150 e. The van der Waals surface area contributed by atoms with Crippen LogP contribution in [0.4, 0.5) is 0 Å². The van der Waals surface area contributed by atoms with Crippen LogP contribution in [-0.4, -0.2) is 12.1 Å². The Morgan fingerprint density at radius 3 is 1.60 bits per heavy atom. The molecule has 0 radical (unpaired) electrons. The van der Waals surface area contributed by atoms with E-state index in [-0.39, 0.29) is 12.1 Å². The Morgan fingerprint density at radius 1 is 0.900 bits per heavy atom. The van der Waals surface area contributed by atoms with Crippen molar-refractivity contribution in [3.05, 3.63) is 9.81 Å². The molecule has 0 saturated heterocycles. The van der Waals surface area contributed by atoms with Gasteiger partial charge in [-0.25, -0.2) is 0 Å². The lowest BCUT2D eigenvalue weighted by Crippen LogP contribution is -2.25. The van der Waals surface area contributed by atoms with Gasteiger partial charge in [-0.3, -0.25) is 0 Å². The molecule has 0 aliphatic heterocycles. The quantitative estimate of drug-likeness (QED) is 0.552. The summed E-state index contributed by atoms with van der Waals surface area (Å²) in [6.45, 7) is 0. The minimum absolute atomic E-state index is 0.341. The van der Waals surface area contributed by atoms with Crippen LogP contribution in [0.5, 0.6) is 0 Å². The molecular formula is C6H10N2O2. The van der Waals surface area contributed by atoms with Gasteiger partial charge < -0.3 is 0 Å². The molecule has 10 heavy (non-hydrogen) atoms. The molecule has 56 valence electrons. The fraction of sp³-hybridized carbons (Fsp3) is 1.00. The highest BCUT2D eigenvalue weighted by Crippen LogP contribution is 2.23. The Morgan fingerprint density at radius 2 is 1.30 bits per heavy atom. The molecule has 1 rings (SSSR count). The molecule has 0 aromatic heterocycles. The van der Waals surface area contributed by atoms with Gasteiger partial charge in [0.1, 0.15) is 12.1 Å². The summed E-state index contributed by atoms with van der Waals surface area (Å²) < 4.78 is 0. The van der Waals surface area contributed by atoms with Crippen molar-refractivity contribution in [1.82, 2.24) is 0 Å². The molecule has 2 atom stereocenters. The second kappa shape index (κ2) is 3.39. The van der Waals surface area contributed by atoms with Crippen LogP contribution >= 0.6 is 0 Å². The van der Waals surface area contributed by atoms with Crippen molar-refractivity contribution in [3.63, 3.8) is 0 Å². The molecular weight excluding hydrogens is 132 g/mol. The van der Waals surface area contributed by atoms with Gasteiger partial charge in [-0.2, -0.15) is 9.81 Å². The van der Waals surface area contributed by atoms with Crippen LogP contribution in [0, 0.1) is 9.81 Å². The lowest BCUT2D eigenvalue weighted by Gasteiger charge is -2.19. The van der Waals surface area contributed by atoms with Crippen molar-refractivity contribution >= 4 is 0 Å². The highest BCUT2D eigenvalue weighted by molar-refractivity contribution is 4.85. The maximum absolute atomic E-state index is 10.1. The SMILES string of the molecule is O=NC1CCCCC1N=O. The van der Waals surface area contributed by atoms with Gasteiger partial charge >= 0.3 is 0 Å². The number of hydrogen-bond acceptors (Lipinski definition) is 4. The van der Waals surface area contributed by atoms with Gasteiger partial charge in [0, 0.05) is 0 Å². The fourth-order valence-electron chi connectivity index (χ4n) is 1.34. The van der Waals surface area contributed by atoms with E-state index in [1.807, 2.05) is 0 Å². The molecule has 0 aromatic rings. The van der Waals surface area contributed by atoms with Gasteiger partial charge in [0.15, 0.2) is 0 Å². The van der Waals surface area contributed by atoms with Crippen LogP contribution in [-0.2, 0) is 0 Å². The van der Waals surface area contributed by atoms with E-state index in [1.165, 1.54) is 0 Å². The van der Waals surface area contributed by atoms with Crippen molar-refractivity contribution in [1.29, 1.82) is 0 Å². The maximum Gasteiger partial charge on any atom is 0.118 e. The van der Waals surface area contributed by atoms with E-state index in [0.717, 1.165) is 25.7 Å². The van der Waals surface area contributed by atoms with E-state index in [9.17, 15) is 9.81 Å². The predicted molar refractivity (Wildman–Crippen MR) is 37.6 cm³/mol. The average molecular weight is 142 g/mol. The van der Waals surface area contributed by atoms with Crippen LogP contribution < -0.4 is 0 Å². The van der Waals surface area contributed by atoms with E-state index < -0.39 is 0 Å². The van der Waals surface area contributed by atoms with E-state index in [2.05, 4.69) is 10.4 Å². The van der Waals surface area contributed by atoms with E-state index in [0.29, 0.717) is 0 Å². The van der Waals surface area contributed by atoms with Crippen LogP contribution in [0.25, 0.3) is 0 Å². The first-order valence-corrected chi connectivity index (χ1v) is 3.53. The number of nitroso groups, excluding NO2 is 2. The summed E-state index contributed by atoms with van der Waals surface area (Å²) in [5, 5.41) is 5.71. The molecule has 0 spiro atoms. The molecule has 2 unspecified atom stereocenters. The third-order valence-electron chi connectivity index (χ3n) is 1.96. The zero-order chi connectivity index (χ0) is 7.40. The second-order valence-corrected chi connectivity index (χ2v) is 2.63. The summed E-state index contributed by atoms with van der Waals surface area (Å²) in [6, 6.07) is -0.683. The molecule has 0 N–H and O–H groups in total. The molecule has 1 aliphatic rings. The van der Waals surface area contributed by atoms with Crippen LogP contribution in [0.3, 0.4) is 0 Å². The summed E-state index contributed by atoms with van der Waals surface area (Å²) in [6.07, 6.45) is 3.48. The van der Waals surface area contributed by atoms with Gasteiger partial charge in [-0.1, -0.05) is 23.2 Å². The topological polar surface area (TPSA) is 58.9 Å². The third kappa shape index (κ3) is 1.37. The normalized spacial score (nSPS) is 33.2. The van der Waals surface area contributed by atoms with Crippen molar-refractivity contribution < 1.29 is 0 Å². The van der Waals surface area contributed by atoms with Gasteiger partial charge in [-0.05, 0) is 12.8 Å². The minimum atomic E-state index is -0.341. The highest BCUT2D eigenvalue weighted by Gasteiger charge is 2.26. The molecule has 0 aromatic carbocycles. The molecule has 4 nitrogen and oxygen atoms in total. The Hall–Kier alpha value is -0.800. The molecule has 1 fully saturated rings. The van der Waals surface area contributed by atoms with E-state index in [1.54, 1.807) is 0 Å². The number of rotatable bonds is 2. The first-order valence-electron chi connectivity index (χ1n) is 3.53. The van der Waals surface area contributed by atoms with E-state index in [4.69, 9.17) is 0 Å². The fourth-order valence-corrected chi connectivity index (χ4v) is 1.34. The zero-order valence-corrected chi connectivity index (χ0v) is 5.69. The second-order valence-electron chi connectivity index (χ2n) is 2.63. The van der Waals surface area contributed by atoms with Crippen LogP contribution in [0.1, 0.15) is 25.7 Å². The average Bonchev–Trinajstić information content (AvgIpc) is 2.04. The first-order chi connectivity index (χ1) is 4.88. The van der Waals surface area contributed by atoms with Crippen molar-refractivity contribution in [2.45, 2.75) is 37.8 Å². The van der Waals surface area contributed by atoms with Gasteiger partial charge in [-0.15, -0.1) is 0 Å². The maximum atomic E-state index is 10.1. The molecule has 1 saturated carbocycles. The monoisotopic (exact) mass is 142 g/mol. The Labute approximate surface area is 58.9 Å². The van der Waals surface area contributed by atoms with Gasteiger partial charge in [0.2, 0.25) is 0 Å². The molecule has 1 aliphatic carbocycles. The minimum Gasteiger partial charge on any atom is -0.150 e. The Bertz CT molecular complexity index is 122. The highest BCUT2D eigenvalue weighted by atomic mass is 16.3. The van der Waals surface area contributed by atoms with Gasteiger partial charge in [0.25, 0.3) is 0 Å². The Balaban J connectivity index is 2.49. The predicted octanol–water partition coefficient (Wildman–Crippen LogP) is 1.83. The smallest absolute Gasteiger partial charge is 0.118 e. The summed E-state index contributed by atoms with van der Waals surface area (Å²) in [4.78, 5) is 20.2. The molecule has 0 bridgehead atoms. The molecule has 0 heterocycles. The first kappa shape index (κ1) is 7.31. The lowest BCUT2D eigenvalue weighted by atomic mass is 9.92. The lowest BCUT2D eigenvalue weighted by molar-refractivity contribution is 0.384. The van der Waals surface area contributed by atoms with Crippen molar-refractivity contribution in [2.75, 3.05) is 0 Å². The summed E-state index contributed by atoms with van der Waals surface area (Å²) in [5.74, 6) is 0. The number of nitrogens with zero attached hydrogens (tertiary/aromatic N) is 2. The molecule has 4 heteroatoms. The number of hydrogen-bond donors (Lipinski definition) is 0. The standard InChI is InChI=1S/C6H10N2O2/c9-7-5-3-1-2-4-6(5)8-10/h5-6H,1-4H2. The summed E-state index contributed by atoms with van der Waals surface area (Å²) in [5.41, 5.74) is 0. The van der Waals surface area contributed by atoms with Crippen molar-refractivity contribution in [2.24, 2.45) is 10.4 Å². The third-order valence-corrected chi connectivity index (χ3v) is 1.96. The molecule has 0 amide bonds. The zero-order valence-electron chi connectivity index (χ0n) is 5.69. The van der Waals surface area contributed by atoms with Crippen molar-refractivity contribution in [3.8, 4) is 0 Å².